The van der Waals surface area contributed by atoms with Crippen LogP contribution < -0.4 is 5.73 Å². The molecule has 0 bridgehead atoms. The molecule has 5 heteroatoms. The molecule has 0 rings (SSSR count). The second-order valence-electron chi connectivity index (χ2n) is 2.11. The summed E-state index contributed by atoms with van der Waals surface area (Å²) >= 11 is 0. The molecular weight excluding hydrogens is 174 g/mol. The average molecular weight is 187 g/mol. The zero-order valence-corrected chi connectivity index (χ0v) is 7.36. The van der Waals surface area contributed by atoms with Gasteiger partial charge in [-0.05, 0) is 6.92 Å². The van der Waals surface area contributed by atoms with Crippen molar-refractivity contribution in [3.05, 3.63) is 24.8 Å². The Morgan fingerprint density at radius 3 is 1.85 bits per heavy atom. The molecule has 0 aliphatic heterocycles. The number of amides is 1. The number of primary amides is 1. The second-order valence-corrected chi connectivity index (χ2v) is 2.11. The lowest BCUT2D eigenvalue weighted by atomic mass is 10.2. The van der Waals surface area contributed by atoms with Crippen molar-refractivity contribution < 1.29 is 19.8 Å². The lowest BCUT2D eigenvalue weighted by Crippen LogP contribution is -2.20. The monoisotopic (exact) mass is 187 g/mol. The van der Waals surface area contributed by atoms with Crippen LogP contribution in [0.3, 0.4) is 0 Å². The third kappa shape index (κ3) is 10.4. The number of carboxylic acid groups (broad SMARTS) is 1. The lowest BCUT2D eigenvalue weighted by molar-refractivity contribution is -0.131. The van der Waals surface area contributed by atoms with E-state index in [0.29, 0.717) is 0 Å². The van der Waals surface area contributed by atoms with Gasteiger partial charge in [0.25, 0.3) is 0 Å². The largest absolute Gasteiger partial charge is 0.478 e. The molecule has 1 unspecified atom stereocenters. The van der Waals surface area contributed by atoms with Gasteiger partial charge in [0.15, 0.2) is 0 Å². The van der Waals surface area contributed by atoms with Gasteiger partial charge in [-0.2, -0.15) is 0 Å². The van der Waals surface area contributed by atoms with Gasteiger partial charge in [0.1, 0.15) is 0 Å². The summed E-state index contributed by atoms with van der Waals surface area (Å²) in [5.74, 6) is -1.63. The van der Waals surface area contributed by atoms with Crippen molar-refractivity contribution in [2.45, 2.75) is 13.0 Å². The van der Waals surface area contributed by atoms with Crippen molar-refractivity contribution >= 4 is 11.9 Å². The minimum absolute atomic E-state index is 0.0463. The van der Waals surface area contributed by atoms with Gasteiger partial charge in [-0.25, -0.2) is 4.79 Å². The number of aliphatic hydroxyl groups excluding tert-OH is 1. The second kappa shape index (κ2) is 7.05. The van der Waals surface area contributed by atoms with E-state index in [4.69, 9.17) is 15.9 Å². The molecule has 74 valence electrons. The third-order valence-corrected chi connectivity index (χ3v) is 0.995. The molecule has 4 N–H and O–H groups in total. The van der Waals surface area contributed by atoms with Crippen LogP contribution in [0.5, 0.6) is 0 Å². The van der Waals surface area contributed by atoms with Crippen molar-refractivity contribution in [3.63, 3.8) is 0 Å². The predicted octanol–water partition coefficient (Wildman–Crippen LogP) is -0.334. The van der Waals surface area contributed by atoms with Crippen LogP contribution in [0.15, 0.2) is 24.8 Å². The van der Waals surface area contributed by atoms with Crippen LogP contribution in [0.1, 0.15) is 6.92 Å². The number of carboxylic acids is 1. The molecule has 0 aliphatic carbocycles. The van der Waals surface area contributed by atoms with Crippen LogP contribution in [-0.4, -0.2) is 28.2 Å². The predicted molar refractivity (Wildman–Crippen MR) is 47.8 cm³/mol. The van der Waals surface area contributed by atoms with E-state index in [9.17, 15) is 9.59 Å². The Hall–Kier alpha value is -1.62. The molecule has 0 radical (unpaired) electrons. The number of rotatable bonds is 3. The summed E-state index contributed by atoms with van der Waals surface area (Å²) in [6, 6.07) is 0. The van der Waals surface area contributed by atoms with Crippen LogP contribution in [0, 0.1) is 0 Å². The van der Waals surface area contributed by atoms with Crippen molar-refractivity contribution in [1.29, 1.82) is 0 Å². The summed E-state index contributed by atoms with van der Waals surface area (Å²) in [6.45, 7) is 7.63. The van der Waals surface area contributed by atoms with Crippen molar-refractivity contribution in [2.24, 2.45) is 5.73 Å². The Kier molecular flexibility index (Phi) is 7.56. The molecule has 1 amide bonds. The summed E-state index contributed by atoms with van der Waals surface area (Å²) < 4.78 is 0. The van der Waals surface area contributed by atoms with Crippen LogP contribution >= 0.6 is 0 Å². The first kappa shape index (κ1) is 13.9. The molecule has 0 heterocycles. The Bertz CT molecular complexity index is 220. The van der Waals surface area contributed by atoms with E-state index in [0.717, 1.165) is 6.08 Å². The first-order valence-electron chi connectivity index (χ1n) is 3.35. The summed E-state index contributed by atoms with van der Waals surface area (Å²) in [4.78, 5) is 19.4. The number of hydrogen-bond acceptors (Lipinski definition) is 3. The molecule has 0 saturated heterocycles. The van der Waals surface area contributed by atoms with E-state index in [1.165, 1.54) is 6.92 Å². The van der Waals surface area contributed by atoms with Crippen LogP contribution in [-0.2, 0) is 9.59 Å². The van der Waals surface area contributed by atoms with Crippen molar-refractivity contribution in [3.8, 4) is 0 Å². The van der Waals surface area contributed by atoms with Gasteiger partial charge in [0, 0.05) is 11.6 Å². The van der Waals surface area contributed by atoms with Gasteiger partial charge in [-0.15, -0.1) is 0 Å². The van der Waals surface area contributed by atoms with Gasteiger partial charge < -0.3 is 15.9 Å². The highest BCUT2D eigenvalue weighted by molar-refractivity contribution is 5.92. The highest BCUT2D eigenvalue weighted by atomic mass is 16.4. The summed E-state index contributed by atoms with van der Waals surface area (Å²) in [7, 11) is 0. The quantitative estimate of drug-likeness (QED) is 0.526. The smallest absolute Gasteiger partial charge is 0.327 e. The van der Waals surface area contributed by atoms with E-state index in [1.54, 1.807) is 0 Å². The molecular formula is C8H13NO4. The standard InChI is InChI=1S/C5H9NO2.C3H4O2/c1-3(4(2)7)5(6)8;1-2-3(4)5/h4,7H,1H2,2H3,(H2,6,8);2H,1H2,(H,4,5). The molecule has 13 heavy (non-hydrogen) atoms. The molecule has 0 aromatic heterocycles. The Morgan fingerprint density at radius 2 is 1.85 bits per heavy atom. The number of carbonyl (C=O) groups is 2. The fourth-order valence-corrected chi connectivity index (χ4v) is 0.206. The van der Waals surface area contributed by atoms with E-state index < -0.39 is 18.0 Å². The number of aliphatic hydroxyl groups is 1. The molecule has 5 nitrogen and oxygen atoms in total. The normalized spacial score (nSPS) is 10.3. The van der Waals surface area contributed by atoms with Crippen LogP contribution in [0.25, 0.3) is 0 Å². The van der Waals surface area contributed by atoms with Crippen LogP contribution in [0.2, 0.25) is 0 Å². The topological polar surface area (TPSA) is 101 Å². The summed E-state index contributed by atoms with van der Waals surface area (Å²) in [6.07, 6.45) is 0.00694. The zero-order valence-electron chi connectivity index (χ0n) is 7.36. The lowest BCUT2D eigenvalue weighted by Gasteiger charge is -2.00. The van der Waals surface area contributed by atoms with Crippen molar-refractivity contribution in [1.82, 2.24) is 0 Å². The van der Waals surface area contributed by atoms with E-state index in [1.807, 2.05) is 0 Å². The van der Waals surface area contributed by atoms with E-state index >= 15 is 0 Å². The Balaban J connectivity index is 0. The Morgan fingerprint density at radius 1 is 1.54 bits per heavy atom. The molecule has 0 aromatic rings. The fourth-order valence-electron chi connectivity index (χ4n) is 0.206. The molecule has 1 atom stereocenters. The molecule has 0 spiro atoms. The maximum absolute atomic E-state index is 10.1. The van der Waals surface area contributed by atoms with Gasteiger partial charge in [-0.1, -0.05) is 13.2 Å². The number of hydrogen-bond donors (Lipinski definition) is 3. The molecule has 0 aromatic carbocycles. The molecule has 0 fully saturated rings. The fraction of sp³-hybridized carbons (Fsp3) is 0.250. The van der Waals surface area contributed by atoms with Gasteiger partial charge in [-0.3, -0.25) is 4.79 Å². The average Bonchev–Trinajstić information content (AvgIpc) is 2.03. The first-order valence-corrected chi connectivity index (χ1v) is 3.35. The SMILES string of the molecule is C=C(C(N)=O)C(C)O.C=CC(=O)O. The number of nitrogens with two attached hydrogens (primary N) is 1. The number of carbonyl (C=O) groups excluding carboxylic acids is 1. The number of aliphatic carboxylic acids is 1. The third-order valence-electron chi connectivity index (χ3n) is 0.995. The summed E-state index contributed by atoms with van der Waals surface area (Å²) in [5.41, 5.74) is 4.78. The maximum Gasteiger partial charge on any atom is 0.327 e. The molecule has 0 saturated carbocycles. The minimum atomic E-state index is -0.981. The van der Waals surface area contributed by atoms with E-state index in [2.05, 4.69) is 13.2 Å². The zero-order chi connectivity index (χ0) is 11.0. The summed E-state index contributed by atoms with van der Waals surface area (Å²) in [5, 5.41) is 16.2. The minimum Gasteiger partial charge on any atom is -0.478 e. The van der Waals surface area contributed by atoms with Gasteiger partial charge >= 0.3 is 5.97 Å². The highest BCUT2D eigenvalue weighted by Gasteiger charge is 2.05. The first-order chi connectivity index (χ1) is 5.82. The Labute approximate surface area is 76.2 Å². The maximum atomic E-state index is 10.1. The van der Waals surface area contributed by atoms with Crippen LogP contribution in [0.4, 0.5) is 0 Å². The highest BCUT2D eigenvalue weighted by Crippen LogP contribution is 1.94. The van der Waals surface area contributed by atoms with Gasteiger partial charge in [0.05, 0.1) is 6.10 Å². The molecule has 0 aliphatic rings. The van der Waals surface area contributed by atoms with E-state index in [-0.39, 0.29) is 5.57 Å². The van der Waals surface area contributed by atoms with Gasteiger partial charge in [0.2, 0.25) is 5.91 Å². The van der Waals surface area contributed by atoms with Crippen molar-refractivity contribution in [2.75, 3.05) is 0 Å².